The van der Waals surface area contributed by atoms with Crippen molar-refractivity contribution in [2.24, 2.45) is 5.92 Å². The third kappa shape index (κ3) is 2.59. The van der Waals surface area contributed by atoms with E-state index in [1.165, 1.54) is 6.92 Å². The number of rotatable bonds is 4. The van der Waals surface area contributed by atoms with Crippen LogP contribution in [0.15, 0.2) is 0 Å². The summed E-state index contributed by atoms with van der Waals surface area (Å²) in [6.45, 7) is 1.50. The van der Waals surface area contributed by atoms with Crippen molar-refractivity contribution < 1.29 is 14.7 Å². The predicted molar refractivity (Wildman–Crippen MR) is 35.7 cm³/mol. The van der Waals surface area contributed by atoms with Gasteiger partial charge in [0, 0.05) is 0 Å². The first-order valence-electron chi connectivity index (χ1n) is 2.99. The molecule has 0 bridgehead atoms. The van der Waals surface area contributed by atoms with E-state index >= 15 is 0 Å². The molecule has 1 unspecified atom stereocenters. The summed E-state index contributed by atoms with van der Waals surface area (Å²) in [4.78, 5) is 20.9. The van der Waals surface area contributed by atoms with Crippen LogP contribution in [0.5, 0.6) is 0 Å². The molecular weight excluding hydrogens is 134 g/mol. The average Bonchev–Trinajstić information content (AvgIpc) is 1.87. The molecule has 58 valence electrons. The zero-order valence-corrected chi connectivity index (χ0v) is 6.05. The van der Waals surface area contributed by atoms with Gasteiger partial charge in [-0.05, 0) is 14.0 Å². The van der Waals surface area contributed by atoms with Crippen LogP contribution >= 0.6 is 0 Å². The molecule has 0 aliphatic carbocycles. The first kappa shape index (κ1) is 9.10. The summed E-state index contributed by atoms with van der Waals surface area (Å²) in [5, 5.41) is 10.9. The summed E-state index contributed by atoms with van der Waals surface area (Å²) in [6.07, 6.45) is 0. The molecule has 0 saturated carbocycles. The number of hydrogen-bond donors (Lipinski definition) is 2. The van der Waals surface area contributed by atoms with Gasteiger partial charge in [0.25, 0.3) is 0 Å². The topological polar surface area (TPSA) is 66.4 Å². The van der Waals surface area contributed by atoms with Crippen LogP contribution in [0, 0.1) is 5.92 Å². The minimum Gasteiger partial charge on any atom is -0.481 e. The smallest absolute Gasteiger partial charge is 0.313 e. The van der Waals surface area contributed by atoms with Gasteiger partial charge in [0.2, 0.25) is 0 Å². The molecule has 0 amide bonds. The van der Waals surface area contributed by atoms with E-state index < -0.39 is 11.9 Å². The minimum absolute atomic E-state index is 0.119. The molecule has 0 saturated heterocycles. The Labute approximate surface area is 59.2 Å². The number of carboxylic acid groups (broad SMARTS) is 1. The Balaban J connectivity index is 3.82. The van der Waals surface area contributed by atoms with E-state index in [-0.39, 0.29) is 12.3 Å². The number of likely N-dealkylation sites (N-methyl/N-ethyl adjacent to an activating group) is 1. The Hall–Kier alpha value is -0.900. The molecular formula is C6H11NO3. The number of Topliss-reactive ketones (excluding diaryl/α,β-unsaturated/α-hetero) is 1. The van der Waals surface area contributed by atoms with Gasteiger partial charge in [-0.3, -0.25) is 9.59 Å². The maximum Gasteiger partial charge on any atom is 0.313 e. The summed E-state index contributed by atoms with van der Waals surface area (Å²) < 4.78 is 0. The van der Waals surface area contributed by atoms with Crippen molar-refractivity contribution in [1.29, 1.82) is 0 Å². The predicted octanol–water partition coefficient (Wildman–Crippen LogP) is -0.504. The largest absolute Gasteiger partial charge is 0.481 e. The lowest BCUT2D eigenvalue weighted by Gasteiger charge is -2.02. The molecule has 2 N–H and O–H groups in total. The van der Waals surface area contributed by atoms with Gasteiger partial charge in [-0.2, -0.15) is 0 Å². The van der Waals surface area contributed by atoms with Gasteiger partial charge in [0.15, 0.2) is 5.78 Å². The molecule has 0 heterocycles. The van der Waals surface area contributed by atoms with Crippen LogP contribution in [0.4, 0.5) is 0 Å². The van der Waals surface area contributed by atoms with Crippen molar-refractivity contribution >= 4 is 11.8 Å². The van der Waals surface area contributed by atoms with Crippen molar-refractivity contribution in [3.05, 3.63) is 0 Å². The standard InChI is InChI=1S/C6H11NO3/c1-4(6(9)10)5(8)3-7-2/h4,7H,3H2,1-2H3,(H,9,10). The molecule has 0 radical (unpaired) electrons. The fourth-order valence-corrected chi connectivity index (χ4v) is 0.465. The Morgan fingerprint density at radius 1 is 1.60 bits per heavy atom. The second-order valence-corrected chi connectivity index (χ2v) is 2.06. The van der Waals surface area contributed by atoms with Gasteiger partial charge in [-0.1, -0.05) is 0 Å². The molecule has 10 heavy (non-hydrogen) atoms. The maximum atomic E-state index is 10.7. The van der Waals surface area contributed by atoms with E-state index in [2.05, 4.69) is 5.32 Å². The number of hydrogen-bond acceptors (Lipinski definition) is 3. The molecule has 0 aromatic heterocycles. The highest BCUT2D eigenvalue weighted by atomic mass is 16.4. The zero-order chi connectivity index (χ0) is 8.15. The first-order chi connectivity index (χ1) is 4.59. The number of ketones is 1. The highest BCUT2D eigenvalue weighted by Gasteiger charge is 2.18. The van der Waals surface area contributed by atoms with E-state index in [4.69, 9.17) is 5.11 Å². The number of carboxylic acids is 1. The van der Waals surface area contributed by atoms with Gasteiger partial charge in [0.1, 0.15) is 5.92 Å². The minimum atomic E-state index is -1.07. The number of nitrogens with one attached hydrogen (secondary N) is 1. The van der Waals surface area contributed by atoms with E-state index in [1.54, 1.807) is 7.05 Å². The van der Waals surface area contributed by atoms with Crippen LogP contribution in [0.1, 0.15) is 6.92 Å². The van der Waals surface area contributed by atoms with Crippen LogP contribution in [0.25, 0.3) is 0 Å². The summed E-state index contributed by atoms with van der Waals surface area (Å²) >= 11 is 0. The van der Waals surface area contributed by atoms with Gasteiger partial charge in [-0.15, -0.1) is 0 Å². The molecule has 0 spiro atoms. The first-order valence-corrected chi connectivity index (χ1v) is 2.99. The highest BCUT2D eigenvalue weighted by Crippen LogP contribution is 1.94. The summed E-state index contributed by atoms with van der Waals surface area (Å²) in [6, 6.07) is 0. The normalized spacial score (nSPS) is 12.6. The van der Waals surface area contributed by atoms with Crippen LogP contribution < -0.4 is 5.32 Å². The van der Waals surface area contributed by atoms with Gasteiger partial charge in [0.05, 0.1) is 6.54 Å². The molecule has 4 heteroatoms. The summed E-state index contributed by atoms with van der Waals surface area (Å²) in [5.41, 5.74) is 0. The lowest BCUT2D eigenvalue weighted by atomic mass is 10.1. The molecule has 1 atom stereocenters. The van der Waals surface area contributed by atoms with Crippen LogP contribution in [0.3, 0.4) is 0 Å². The molecule has 0 aliphatic heterocycles. The number of carbonyl (C=O) groups is 2. The fourth-order valence-electron chi connectivity index (χ4n) is 0.465. The Bertz CT molecular complexity index is 144. The van der Waals surface area contributed by atoms with Crippen molar-refractivity contribution in [2.45, 2.75) is 6.92 Å². The second-order valence-electron chi connectivity index (χ2n) is 2.06. The van der Waals surface area contributed by atoms with Crippen molar-refractivity contribution in [3.63, 3.8) is 0 Å². The zero-order valence-electron chi connectivity index (χ0n) is 6.05. The Morgan fingerprint density at radius 3 is 2.40 bits per heavy atom. The van der Waals surface area contributed by atoms with E-state index in [0.717, 1.165) is 0 Å². The number of aliphatic carboxylic acids is 1. The van der Waals surface area contributed by atoms with Crippen molar-refractivity contribution in [3.8, 4) is 0 Å². The van der Waals surface area contributed by atoms with Crippen LogP contribution in [-0.2, 0) is 9.59 Å². The van der Waals surface area contributed by atoms with Crippen molar-refractivity contribution in [2.75, 3.05) is 13.6 Å². The molecule has 0 aromatic carbocycles. The van der Waals surface area contributed by atoms with E-state index in [0.29, 0.717) is 0 Å². The summed E-state index contributed by atoms with van der Waals surface area (Å²) in [5.74, 6) is -2.26. The van der Waals surface area contributed by atoms with E-state index in [9.17, 15) is 9.59 Å². The molecule has 4 nitrogen and oxygen atoms in total. The molecule has 0 fully saturated rings. The quantitative estimate of drug-likeness (QED) is 0.523. The Kier molecular flexibility index (Phi) is 3.64. The molecule has 0 aliphatic rings. The second kappa shape index (κ2) is 4.00. The fraction of sp³-hybridized carbons (Fsp3) is 0.667. The third-order valence-electron chi connectivity index (χ3n) is 1.20. The lowest BCUT2D eigenvalue weighted by molar-refractivity contribution is -0.145. The third-order valence-corrected chi connectivity index (χ3v) is 1.20. The van der Waals surface area contributed by atoms with Gasteiger partial charge < -0.3 is 10.4 Å². The monoisotopic (exact) mass is 145 g/mol. The van der Waals surface area contributed by atoms with E-state index in [1.807, 2.05) is 0 Å². The van der Waals surface area contributed by atoms with Gasteiger partial charge >= 0.3 is 5.97 Å². The molecule has 0 rings (SSSR count). The highest BCUT2D eigenvalue weighted by molar-refractivity contribution is 5.98. The van der Waals surface area contributed by atoms with Gasteiger partial charge in [-0.25, -0.2) is 0 Å². The Morgan fingerprint density at radius 2 is 2.10 bits per heavy atom. The SMILES string of the molecule is CNCC(=O)C(C)C(=O)O. The van der Waals surface area contributed by atoms with Crippen LogP contribution in [-0.4, -0.2) is 30.5 Å². The molecule has 0 aromatic rings. The average molecular weight is 145 g/mol. The van der Waals surface area contributed by atoms with Crippen LogP contribution in [0.2, 0.25) is 0 Å². The maximum absolute atomic E-state index is 10.7. The lowest BCUT2D eigenvalue weighted by Crippen LogP contribution is -2.28. The van der Waals surface area contributed by atoms with Crippen molar-refractivity contribution in [1.82, 2.24) is 5.32 Å². The number of carbonyl (C=O) groups excluding carboxylic acids is 1. The summed E-state index contributed by atoms with van der Waals surface area (Å²) in [7, 11) is 1.60.